The molecule has 7 heteroatoms. The first-order chi connectivity index (χ1) is 13.0. The number of esters is 1. The van der Waals surface area contributed by atoms with Gasteiger partial charge in [-0.1, -0.05) is 28.1 Å². The first kappa shape index (κ1) is 19.0. The Kier molecular flexibility index (Phi) is 5.81. The van der Waals surface area contributed by atoms with Gasteiger partial charge in [-0.05, 0) is 54.4 Å². The second-order valence-corrected chi connectivity index (χ2v) is 6.74. The quantitative estimate of drug-likeness (QED) is 0.707. The largest absolute Gasteiger partial charge is 0.497 e. The number of methoxy groups -OCH3 is 1. The zero-order chi connectivity index (χ0) is 19.4. The highest BCUT2D eigenvalue weighted by molar-refractivity contribution is 9.10. The summed E-state index contributed by atoms with van der Waals surface area (Å²) in [5.41, 5.74) is 2.23. The number of urea groups is 1. The van der Waals surface area contributed by atoms with Crippen molar-refractivity contribution < 1.29 is 19.1 Å². The molecule has 0 bridgehead atoms. The van der Waals surface area contributed by atoms with Gasteiger partial charge in [0.25, 0.3) is 0 Å². The lowest BCUT2D eigenvalue weighted by molar-refractivity contribution is -0.138. The standard InChI is InChI=1S/C20H19BrN2O4/c1-3-27-19(24)16-17(12-7-9-15(26-2)10-8-12)22-20(25)23-18(16)13-5-4-6-14(21)11-13/h4-11,18H,3H2,1-2H3,(H2,22,23,25)/t18-/m1/s1. The monoisotopic (exact) mass is 430 g/mol. The van der Waals surface area contributed by atoms with E-state index in [1.165, 1.54) is 0 Å². The molecule has 2 aromatic rings. The smallest absolute Gasteiger partial charge is 0.338 e. The third-order valence-corrected chi connectivity index (χ3v) is 4.62. The molecule has 0 fully saturated rings. The topological polar surface area (TPSA) is 76.7 Å². The predicted octanol–water partition coefficient (Wildman–Crippen LogP) is 3.79. The third-order valence-electron chi connectivity index (χ3n) is 4.13. The van der Waals surface area contributed by atoms with Crippen LogP contribution in [0.1, 0.15) is 24.1 Å². The number of halogens is 1. The first-order valence-corrected chi connectivity index (χ1v) is 9.21. The van der Waals surface area contributed by atoms with Gasteiger partial charge in [0.05, 0.1) is 31.0 Å². The van der Waals surface area contributed by atoms with E-state index in [9.17, 15) is 9.59 Å². The molecule has 2 aromatic carbocycles. The van der Waals surface area contributed by atoms with Crippen molar-refractivity contribution in [3.63, 3.8) is 0 Å². The molecule has 0 spiro atoms. The highest BCUT2D eigenvalue weighted by Gasteiger charge is 2.34. The molecule has 2 amide bonds. The number of carbonyl (C=O) groups is 2. The van der Waals surface area contributed by atoms with Crippen LogP contribution in [0.2, 0.25) is 0 Å². The van der Waals surface area contributed by atoms with Gasteiger partial charge in [0.1, 0.15) is 5.75 Å². The summed E-state index contributed by atoms with van der Waals surface area (Å²) in [7, 11) is 1.58. The molecular formula is C20H19BrN2O4. The molecule has 0 unspecified atom stereocenters. The summed E-state index contributed by atoms with van der Waals surface area (Å²) in [6, 6.07) is 13.5. The number of amides is 2. The Morgan fingerprint density at radius 1 is 1.19 bits per heavy atom. The van der Waals surface area contributed by atoms with E-state index in [0.29, 0.717) is 22.6 Å². The summed E-state index contributed by atoms with van der Waals surface area (Å²) in [6.45, 7) is 1.98. The van der Waals surface area contributed by atoms with Crippen molar-refractivity contribution in [2.24, 2.45) is 0 Å². The fourth-order valence-electron chi connectivity index (χ4n) is 2.91. The lowest BCUT2D eigenvalue weighted by atomic mass is 9.92. The zero-order valence-corrected chi connectivity index (χ0v) is 16.5. The summed E-state index contributed by atoms with van der Waals surface area (Å²) in [5.74, 6) is 0.196. The molecule has 1 aliphatic rings. The number of hydrogen-bond donors (Lipinski definition) is 2. The summed E-state index contributed by atoms with van der Waals surface area (Å²) >= 11 is 3.43. The van der Waals surface area contributed by atoms with Gasteiger partial charge in [0, 0.05) is 4.47 Å². The van der Waals surface area contributed by atoms with Crippen LogP contribution in [-0.4, -0.2) is 25.7 Å². The zero-order valence-electron chi connectivity index (χ0n) is 14.9. The van der Waals surface area contributed by atoms with Gasteiger partial charge in [-0.3, -0.25) is 0 Å². The maximum absolute atomic E-state index is 12.8. The summed E-state index contributed by atoms with van der Waals surface area (Å²) in [6.07, 6.45) is 0. The molecule has 1 heterocycles. The molecule has 0 aromatic heterocycles. The summed E-state index contributed by atoms with van der Waals surface area (Å²) in [5, 5.41) is 5.57. The van der Waals surface area contributed by atoms with Crippen LogP contribution in [-0.2, 0) is 9.53 Å². The lowest BCUT2D eigenvalue weighted by Gasteiger charge is -2.29. The molecule has 3 rings (SSSR count). The minimum absolute atomic E-state index is 0.234. The third kappa shape index (κ3) is 4.14. The number of hydrogen-bond acceptors (Lipinski definition) is 4. The highest BCUT2D eigenvalue weighted by atomic mass is 79.9. The molecule has 0 saturated carbocycles. The molecule has 27 heavy (non-hydrogen) atoms. The van der Waals surface area contributed by atoms with Crippen molar-refractivity contribution in [2.75, 3.05) is 13.7 Å². The minimum Gasteiger partial charge on any atom is -0.497 e. The van der Waals surface area contributed by atoms with E-state index < -0.39 is 12.0 Å². The number of ether oxygens (including phenoxy) is 2. The number of benzene rings is 2. The normalized spacial score (nSPS) is 16.4. The molecule has 140 valence electrons. The van der Waals surface area contributed by atoms with Crippen LogP contribution < -0.4 is 15.4 Å². The summed E-state index contributed by atoms with van der Waals surface area (Å²) in [4.78, 5) is 25.1. The SMILES string of the molecule is CCOC(=O)C1=C(c2ccc(OC)cc2)NC(=O)N[C@@H]1c1cccc(Br)c1. The van der Waals surface area contributed by atoms with Gasteiger partial charge in [-0.15, -0.1) is 0 Å². The fourth-order valence-corrected chi connectivity index (χ4v) is 3.33. The molecule has 2 N–H and O–H groups in total. The molecule has 0 aliphatic carbocycles. The molecule has 1 atom stereocenters. The van der Waals surface area contributed by atoms with Crippen molar-refractivity contribution in [3.05, 3.63) is 69.7 Å². The second-order valence-electron chi connectivity index (χ2n) is 5.82. The van der Waals surface area contributed by atoms with Gasteiger partial charge in [0.15, 0.2) is 0 Å². The van der Waals surface area contributed by atoms with Crippen LogP contribution in [0.4, 0.5) is 4.79 Å². The number of carbonyl (C=O) groups excluding carboxylic acids is 2. The molecule has 0 radical (unpaired) electrons. The Morgan fingerprint density at radius 3 is 2.56 bits per heavy atom. The maximum atomic E-state index is 12.8. The number of nitrogens with one attached hydrogen (secondary N) is 2. The fraction of sp³-hybridized carbons (Fsp3) is 0.200. The minimum atomic E-state index is -0.632. The molecule has 6 nitrogen and oxygen atoms in total. The van der Waals surface area contributed by atoms with E-state index in [0.717, 1.165) is 10.0 Å². The van der Waals surface area contributed by atoms with E-state index in [-0.39, 0.29) is 12.6 Å². The van der Waals surface area contributed by atoms with Crippen LogP contribution in [0.3, 0.4) is 0 Å². The van der Waals surface area contributed by atoms with Gasteiger partial charge in [-0.2, -0.15) is 0 Å². The van der Waals surface area contributed by atoms with Crippen LogP contribution in [0.15, 0.2) is 58.6 Å². The average Bonchev–Trinajstić information content (AvgIpc) is 2.67. The van der Waals surface area contributed by atoms with Crippen molar-refractivity contribution >= 4 is 33.6 Å². The maximum Gasteiger partial charge on any atom is 0.338 e. The van der Waals surface area contributed by atoms with E-state index in [4.69, 9.17) is 9.47 Å². The number of rotatable bonds is 5. The van der Waals surface area contributed by atoms with Crippen LogP contribution in [0, 0.1) is 0 Å². The predicted molar refractivity (Wildman–Crippen MR) is 105 cm³/mol. The van der Waals surface area contributed by atoms with Crippen LogP contribution >= 0.6 is 15.9 Å². The molecule has 1 aliphatic heterocycles. The van der Waals surface area contributed by atoms with Crippen molar-refractivity contribution in [1.29, 1.82) is 0 Å². The lowest BCUT2D eigenvalue weighted by Crippen LogP contribution is -2.45. The van der Waals surface area contributed by atoms with Crippen LogP contribution in [0.25, 0.3) is 5.70 Å². The molecule has 0 saturated heterocycles. The van der Waals surface area contributed by atoms with Crippen molar-refractivity contribution in [1.82, 2.24) is 10.6 Å². The van der Waals surface area contributed by atoms with Crippen LogP contribution in [0.5, 0.6) is 5.75 Å². The van der Waals surface area contributed by atoms with E-state index in [2.05, 4.69) is 26.6 Å². The Bertz CT molecular complexity index is 893. The Hall–Kier alpha value is -2.80. The van der Waals surface area contributed by atoms with E-state index in [1.54, 1.807) is 38.3 Å². The van der Waals surface area contributed by atoms with Gasteiger partial charge < -0.3 is 20.1 Å². The van der Waals surface area contributed by atoms with Crippen molar-refractivity contribution in [2.45, 2.75) is 13.0 Å². The van der Waals surface area contributed by atoms with Gasteiger partial charge in [0.2, 0.25) is 0 Å². The summed E-state index contributed by atoms with van der Waals surface area (Å²) < 4.78 is 11.3. The first-order valence-electron chi connectivity index (χ1n) is 8.42. The highest BCUT2D eigenvalue weighted by Crippen LogP contribution is 2.33. The van der Waals surface area contributed by atoms with Gasteiger partial charge in [-0.25, -0.2) is 9.59 Å². The molecular weight excluding hydrogens is 412 g/mol. The van der Waals surface area contributed by atoms with E-state index in [1.807, 2.05) is 24.3 Å². The van der Waals surface area contributed by atoms with E-state index >= 15 is 0 Å². The Labute approximate surface area is 165 Å². The van der Waals surface area contributed by atoms with Gasteiger partial charge >= 0.3 is 12.0 Å². The Balaban J connectivity index is 2.16. The Morgan fingerprint density at radius 2 is 1.93 bits per heavy atom. The second kappa shape index (κ2) is 8.26. The van der Waals surface area contributed by atoms with Crippen molar-refractivity contribution in [3.8, 4) is 5.75 Å². The average molecular weight is 431 g/mol.